The highest BCUT2D eigenvalue weighted by atomic mass is 19.4. The van der Waals surface area contributed by atoms with Crippen LogP contribution in [0.5, 0.6) is 52.3 Å². The molecule has 0 aliphatic heterocycles. The van der Waals surface area contributed by atoms with Crippen LogP contribution in [0.2, 0.25) is 0 Å². The van der Waals surface area contributed by atoms with Gasteiger partial charge in [-0.3, -0.25) is 28.8 Å². The Morgan fingerprint density at radius 2 is 0.688 bits per heavy atom. The number of urea groups is 1. The molecule has 9 N–H and O–H groups in total. The topological polar surface area (TPSA) is 377 Å². The Bertz CT molecular complexity index is 6250. The van der Waals surface area contributed by atoms with Gasteiger partial charge in [0, 0.05) is 78.5 Å². The molecule has 0 atom stereocenters. The lowest BCUT2D eigenvalue weighted by molar-refractivity contribution is -0.139. The number of benzene rings is 9. The molecule has 0 saturated heterocycles. The van der Waals surface area contributed by atoms with Gasteiger partial charge in [0.05, 0.1) is 48.6 Å². The number of nitrogens with zero attached hydrogens (tertiary/aromatic N) is 8. The second kappa shape index (κ2) is 49.9. The third-order valence-electron chi connectivity index (χ3n) is 19.0. The third-order valence-corrected chi connectivity index (χ3v) is 19.0. The van der Waals surface area contributed by atoms with E-state index in [1.165, 1.54) is 105 Å². The summed E-state index contributed by atoms with van der Waals surface area (Å²) in [5.74, 6) is 3.14. The summed E-state index contributed by atoms with van der Waals surface area (Å²) in [6.07, 6.45) is -8.94. The first-order valence-electron chi connectivity index (χ1n) is 42.2. The first-order chi connectivity index (χ1) is 65.9. The lowest BCUT2D eigenvalue weighted by Gasteiger charge is -2.13. The van der Waals surface area contributed by atoms with E-state index in [4.69, 9.17) is 23.7 Å². The van der Waals surface area contributed by atoms with Gasteiger partial charge in [0.2, 0.25) is 59.0 Å². The second-order valence-electron chi connectivity index (χ2n) is 29.7. The molecule has 0 radical (unpaired) electrons. The monoisotopic (exact) mass is 1910 g/mol. The zero-order valence-electron chi connectivity index (χ0n) is 74.1. The molecule has 4 aromatic heterocycles. The molecule has 41 heteroatoms. The molecule has 0 fully saturated rings. The number of carbonyl (C=O) groups is 7. The SMILES string of the molecule is CCC(=O)Nc1cc(Oc2ccc(NC(=O)Cc3cccc(C(F)(F)F)c3)cc2)ncn1.CCCCC(=O)Nc1cc(Oc2ccc(NC(=O)Cc3ccc(C(F)(F)F)cc3)cc2)ncn1.CCCCC(=O)Nc1cc(Oc2ccc(NC(=O)Cc3ccccc3C(F)(F)F)cc2)ncn1.COc1ccc(CNc2cc(Oc3ccc(NC(=O)Nc4ccc(C)c(C(F)(F)F)c4)cc3)ncn2)cc1. The number of anilines is 9. The number of aryl methyl sites for hydroxylation is 1. The van der Waals surface area contributed by atoms with Crippen molar-refractivity contribution in [1.82, 2.24) is 39.9 Å². The Kier molecular flexibility index (Phi) is 37.4. The van der Waals surface area contributed by atoms with Crippen LogP contribution in [0.25, 0.3) is 0 Å². The van der Waals surface area contributed by atoms with Crippen molar-refractivity contribution in [1.29, 1.82) is 0 Å². The summed E-state index contributed by atoms with van der Waals surface area (Å²) in [7, 11) is 1.61. The van der Waals surface area contributed by atoms with E-state index in [-0.39, 0.29) is 76.5 Å². The summed E-state index contributed by atoms with van der Waals surface area (Å²) in [4.78, 5) is 116. The van der Waals surface area contributed by atoms with Crippen molar-refractivity contribution in [3.8, 4) is 52.3 Å². The molecule has 8 amide bonds. The quantitative estimate of drug-likeness (QED) is 0.0173. The summed E-state index contributed by atoms with van der Waals surface area (Å²) in [6, 6.07) is 56.2. The van der Waals surface area contributed by atoms with E-state index in [0.29, 0.717) is 106 Å². The second-order valence-corrected chi connectivity index (χ2v) is 29.7. The van der Waals surface area contributed by atoms with Gasteiger partial charge in [-0.25, -0.2) is 44.7 Å². The highest BCUT2D eigenvalue weighted by molar-refractivity contribution is 6.00. The van der Waals surface area contributed by atoms with Crippen LogP contribution < -0.4 is 71.5 Å². The van der Waals surface area contributed by atoms with Crippen molar-refractivity contribution in [2.45, 2.75) is 123 Å². The van der Waals surface area contributed by atoms with Crippen LogP contribution in [0.4, 0.5) is 109 Å². The van der Waals surface area contributed by atoms with E-state index in [2.05, 4.69) is 87.7 Å². The molecule has 29 nitrogen and oxygen atoms in total. The molecule has 0 spiro atoms. The van der Waals surface area contributed by atoms with E-state index in [9.17, 15) is 86.2 Å². The largest absolute Gasteiger partial charge is 0.497 e. The minimum absolute atomic E-state index is 0.0283. The number of amides is 8. The zero-order chi connectivity index (χ0) is 99.4. The molecular formula is C97H89F12N17O12. The van der Waals surface area contributed by atoms with Crippen LogP contribution in [0, 0.1) is 6.92 Å². The van der Waals surface area contributed by atoms with Gasteiger partial charge < -0.3 is 71.5 Å². The maximum atomic E-state index is 13.1. The standard InChI is InChI=1S/C27H24F3N5O3.2C24H23F3N4O3.C22H19F3N4O3/c1-17-3-6-20(13-23(17)27(28,29)30)35-26(36)34-19-7-11-22(12-8-19)38-25-14-24(32-16-33-25)31-15-18-4-9-21(37-2)10-5-18;1-2-3-8-21(32)31-20-14-23(29-15-28-20)34-18-11-9-17(10-12-18)30-22(33)13-16-6-4-5-7-19(16)24(25,26)27;1-2-3-4-21(32)31-20-14-23(29-15-28-20)34-19-11-9-18(10-12-19)30-22(33)13-16-5-7-17(8-6-16)24(25,26)27;1-2-19(30)29-18-12-21(27-13-26-18)32-17-8-6-16(7-9-17)28-20(31)11-14-4-3-5-15(10-14)22(23,24)25/h3-14,16H,15H2,1-2H3,(H,31,32,33)(H2,34,35,36);4-7,9-12,14-15H,2-3,8,13H2,1H3,(H,30,33)(H,28,29,31,32);5-12,14-15H,2-4,13H2,1H3,(H,30,33)(H,28,29,31,32);3-10,12-13H,2,11H2,1H3,(H,28,31)(H,26,27,29,30). The number of carbonyl (C=O) groups excluding carboxylic acids is 7. The summed E-state index contributed by atoms with van der Waals surface area (Å²) < 4.78 is 183. The predicted molar refractivity (Wildman–Crippen MR) is 490 cm³/mol. The molecule has 0 aliphatic carbocycles. The molecule has 0 unspecified atom stereocenters. The van der Waals surface area contributed by atoms with E-state index in [0.717, 1.165) is 73.4 Å². The number of hydrogen-bond donors (Lipinski definition) is 9. The van der Waals surface area contributed by atoms with Gasteiger partial charge in [0.25, 0.3) is 0 Å². The normalized spacial score (nSPS) is 11.0. The van der Waals surface area contributed by atoms with Gasteiger partial charge >= 0.3 is 30.7 Å². The number of methoxy groups -OCH3 is 1. The number of alkyl halides is 12. The summed E-state index contributed by atoms with van der Waals surface area (Å²) in [5.41, 5.74) is 0.326. The van der Waals surface area contributed by atoms with E-state index in [1.807, 2.05) is 38.1 Å². The van der Waals surface area contributed by atoms with E-state index in [1.54, 1.807) is 117 Å². The number of unbranched alkanes of at least 4 members (excludes halogenated alkanes) is 2. The van der Waals surface area contributed by atoms with Crippen molar-refractivity contribution in [3.05, 3.63) is 312 Å². The van der Waals surface area contributed by atoms with Crippen LogP contribution in [0.3, 0.4) is 0 Å². The fourth-order valence-corrected chi connectivity index (χ4v) is 12.1. The molecule has 0 bridgehead atoms. The highest BCUT2D eigenvalue weighted by Crippen LogP contribution is 2.37. The number of hydrogen-bond acceptors (Lipinski definition) is 21. The zero-order valence-corrected chi connectivity index (χ0v) is 74.1. The Morgan fingerprint density at radius 1 is 0.312 bits per heavy atom. The molecule has 9 aromatic carbocycles. The van der Waals surface area contributed by atoms with Crippen LogP contribution in [-0.4, -0.2) is 88.5 Å². The molecule has 13 rings (SSSR count). The minimum Gasteiger partial charge on any atom is -0.497 e. The Labute approximate surface area is 781 Å². The molecule has 13 aromatic rings. The molecule has 138 heavy (non-hydrogen) atoms. The molecule has 0 saturated carbocycles. The molecule has 4 heterocycles. The van der Waals surface area contributed by atoms with Gasteiger partial charge in [-0.2, -0.15) is 52.7 Å². The molecular weight excluding hydrogens is 1820 g/mol. The average molecular weight is 1910 g/mol. The number of aromatic nitrogens is 8. The van der Waals surface area contributed by atoms with Gasteiger partial charge in [-0.1, -0.05) is 100 Å². The van der Waals surface area contributed by atoms with E-state index >= 15 is 0 Å². The predicted octanol–water partition coefficient (Wildman–Crippen LogP) is 22.9. The van der Waals surface area contributed by atoms with Gasteiger partial charge in [0.1, 0.15) is 77.3 Å². The van der Waals surface area contributed by atoms with Crippen LogP contribution in [-0.2, 0) is 79.3 Å². The van der Waals surface area contributed by atoms with Gasteiger partial charge in [-0.05, 0) is 193 Å². The van der Waals surface area contributed by atoms with Crippen molar-refractivity contribution < 1.29 is 110 Å². The molecule has 718 valence electrons. The lowest BCUT2D eigenvalue weighted by Crippen LogP contribution is -2.20. The average Bonchev–Trinajstić information content (AvgIpc) is 0.859. The number of ether oxygens (including phenoxy) is 5. The summed E-state index contributed by atoms with van der Waals surface area (Å²) >= 11 is 0. The molecule has 0 aliphatic rings. The third kappa shape index (κ3) is 35.1. The van der Waals surface area contributed by atoms with Gasteiger partial charge in [-0.15, -0.1) is 0 Å². The van der Waals surface area contributed by atoms with Crippen LogP contribution >= 0.6 is 0 Å². The lowest BCUT2D eigenvalue weighted by atomic mass is 10.0. The Hall–Kier alpha value is -16.7. The van der Waals surface area contributed by atoms with Crippen molar-refractivity contribution in [3.63, 3.8) is 0 Å². The van der Waals surface area contributed by atoms with E-state index < -0.39 is 71.2 Å². The summed E-state index contributed by atoms with van der Waals surface area (Å²) in [6.45, 7) is 7.61. The summed E-state index contributed by atoms with van der Waals surface area (Å²) in [5, 5.41) is 24.0. The fourth-order valence-electron chi connectivity index (χ4n) is 12.1. The van der Waals surface area contributed by atoms with Crippen molar-refractivity contribution in [2.24, 2.45) is 0 Å². The first kappa shape index (κ1) is 103. The maximum absolute atomic E-state index is 13.1. The minimum atomic E-state index is -4.53. The number of rotatable bonds is 33. The van der Waals surface area contributed by atoms with Crippen molar-refractivity contribution in [2.75, 3.05) is 55.0 Å². The fraction of sp³-hybridized carbons (Fsp3) is 0.206. The first-order valence-corrected chi connectivity index (χ1v) is 42.2. The van der Waals surface area contributed by atoms with Crippen molar-refractivity contribution >= 4 is 93.2 Å². The van der Waals surface area contributed by atoms with Gasteiger partial charge in [0.15, 0.2) is 0 Å². The van der Waals surface area contributed by atoms with Crippen LogP contribution in [0.1, 0.15) is 116 Å². The number of nitrogens with one attached hydrogen (secondary N) is 9. The van der Waals surface area contributed by atoms with Crippen LogP contribution in [0.15, 0.2) is 262 Å². The smallest absolute Gasteiger partial charge is 0.416 e. The highest BCUT2D eigenvalue weighted by Gasteiger charge is 2.35. The Balaban J connectivity index is 0.000000190. The Morgan fingerprint density at radius 3 is 1.11 bits per heavy atom. The number of halogens is 12. The maximum Gasteiger partial charge on any atom is 0.416 e.